The number of nitrogens with one attached hydrogen (secondary N) is 1. The average molecular weight is 391 g/mol. The summed E-state index contributed by atoms with van der Waals surface area (Å²) < 4.78 is 1.88. The molecule has 29 heavy (non-hydrogen) atoms. The Bertz CT molecular complexity index is 986. The van der Waals surface area contributed by atoms with Crippen LogP contribution in [0.2, 0.25) is 0 Å². The lowest BCUT2D eigenvalue weighted by atomic mass is 10.2. The third-order valence-corrected chi connectivity index (χ3v) is 5.19. The van der Waals surface area contributed by atoms with Gasteiger partial charge in [0, 0.05) is 55.5 Å². The quantitative estimate of drug-likeness (QED) is 0.694. The van der Waals surface area contributed by atoms with Crippen molar-refractivity contribution in [1.29, 1.82) is 0 Å². The van der Waals surface area contributed by atoms with E-state index >= 15 is 0 Å². The van der Waals surface area contributed by atoms with Gasteiger partial charge < -0.3 is 10.2 Å². The molecule has 3 aromatic heterocycles. The first kappa shape index (κ1) is 19.0. The minimum Gasteiger partial charge on any atom is -0.347 e. The lowest BCUT2D eigenvalue weighted by Crippen LogP contribution is -2.37. The lowest BCUT2D eigenvalue weighted by Gasteiger charge is -2.17. The summed E-state index contributed by atoms with van der Waals surface area (Å²) in [5.74, 6) is 0.608. The van der Waals surface area contributed by atoms with Crippen LogP contribution in [0.15, 0.2) is 43.0 Å². The Balaban J connectivity index is 1.41. The molecule has 8 heteroatoms. The zero-order chi connectivity index (χ0) is 20.2. The van der Waals surface area contributed by atoms with E-state index in [2.05, 4.69) is 37.2 Å². The molecule has 0 aromatic carbocycles. The van der Waals surface area contributed by atoms with Gasteiger partial charge in [0.2, 0.25) is 5.95 Å². The first-order valence-corrected chi connectivity index (χ1v) is 9.97. The fourth-order valence-electron chi connectivity index (χ4n) is 3.61. The van der Waals surface area contributed by atoms with Gasteiger partial charge in [-0.05, 0) is 38.0 Å². The molecule has 4 rings (SSSR count). The average Bonchev–Trinajstić information content (AvgIpc) is 3.36. The number of nitrogens with zero attached hydrogens (tertiary/aromatic N) is 6. The first-order chi connectivity index (χ1) is 14.2. The number of carbonyl (C=O) groups is 1. The number of hydrogen-bond acceptors (Lipinski definition) is 6. The van der Waals surface area contributed by atoms with E-state index in [1.165, 1.54) is 0 Å². The molecule has 1 saturated heterocycles. The summed E-state index contributed by atoms with van der Waals surface area (Å²) in [4.78, 5) is 28.1. The number of carbonyl (C=O) groups excluding carboxylic acids is 1. The Labute approximate surface area is 170 Å². The molecular formula is C21H25N7O. The first-order valence-electron chi connectivity index (χ1n) is 9.97. The topological polar surface area (TPSA) is 88.8 Å². The molecule has 0 spiro atoms. The Kier molecular flexibility index (Phi) is 5.50. The van der Waals surface area contributed by atoms with Crippen molar-refractivity contribution < 1.29 is 4.79 Å². The van der Waals surface area contributed by atoms with E-state index in [0.29, 0.717) is 18.1 Å². The number of rotatable bonds is 6. The molecule has 0 aliphatic carbocycles. The third-order valence-electron chi connectivity index (χ3n) is 5.19. The predicted octanol–water partition coefficient (Wildman–Crippen LogP) is 2.46. The van der Waals surface area contributed by atoms with Crippen molar-refractivity contribution >= 4 is 11.9 Å². The van der Waals surface area contributed by atoms with E-state index in [4.69, 9.17) is 0 Å². The molecule has 1 N–H and O–H groups in total. The van der Waals surface area contributed by atoms with Crippen LogP contribution in [0.1, 0.15) is 35.8 Å². The third kappa shape index (κ3) is 4.11. The van der Waals surface area contributed by atoms with Gasteiger partial charge in [0.1, 0.15) is 0 Å². The minimum atomic E-state index is -0.0678. The van der Waals surface area contributed by atoms with Crippen LogP contribution in [-0.4, -0.2) is 49.8 Å². The molecule has 3 aromatic rings. The second-order valence-corrected chi connectivity index (χ2v) is 7.26. The van der Waals surface area contributed by atoms with Gasteiger partial charge in [-0.25, -0.2) is 9.97 Å². The van der Waals surface area contributed by atoms with Crippen LogP contribution in [0.4, 0.5) is 5.95 Å². The summed E-state index contributed by atoms with van der Waals surface area (Å²) in [7, 11) is 0. The summed E-state index contributed by atoms with van der Waals surface area (Å²) in [6, 6.07) is 5.81. The monoisotopic (exact) mass is 391 g/mol. The van der Waals surface area contributed by atoms with Gasteiger partial charge in [-0.3, -0.25) is 14.5 Å². The summed E-state index contributed by atoms with van der Waals surface area (Å²) in [6.45, 7) is 6.34. The molecule has 1 fully saturated rings. The molecule has 0 radical (unpaired) electrons. The Morgan fingerprint density at radius 2 is 2.17 bits per heavy atom. The van der Waals surface area contributed by atoms with Gasteiger partial charge in [-0.1, -0.05) is 6.92 Å². The van der Waals surface area contributed by atoms with Crippen molar-refractivity contribution in [3.05, 3.63) is 54.2 Å². The van der Waals surface area contributed by atoms with Gasteiger partial charge in [0.05, 0.1) is 17.5 Å². The number of amides is 1. The molecule has 1 atom stereocenters. The van der Waals surface area contributed by atoms with Crippen molar-refractivity contribution in [2.24, 2.45) is 0 Å². The molecule has 150 valence electrons. The van der Waals surface area contributed by atoms with Crippen LogP contribution >= 0.6 is 0 Å². The zero-order valence-electron chi connectivity index (χ0n) is 16.7. The summed E-state index contributed by atoms with van der Waals surface area (Å²) in [5.41, 5.74) is 3.35. The molecule has 8 nitrogen and oxygen atoms in total. The van der Waals surface area contributed by atoms with E-state index in [0.717, 1.165) is 42.9 Å². The molecule has 1 aliphatic heterocycles. The molecule has 1 amide bonds. The molecule has 0 saturated carbocycles. The lowest BCUT2D eigenvalue weighted by molar-refractivity contribution is 0.0939. The maximum absolute atomic E-state index is 12.7. The van der Waals surface area contributed by atoms with Crippen molar-refractivity contribution in [3.8, 4) is 11.3 Å². The maximum Gasteiger partial charge on any atom is 0.255 e. The minimum absolute atomic E-state index is 0.0575. The summed E-state index contributed by atoms with van der Waals surface area (Å²) >= 11 is 0. The maximum atomic E-state index is 12.7. The number of hydrogen-bond donors (Lipinski definition) is 1. The van der Waals surface area contributed by atoms with Crippen LogP contribution in [0.5, 0.6) is 0 Å². The zero-order valence-corrected chi connectivity index (χ0v) is 16.7. The van der Waals surface area contributed by atoms with Gasteiger partial charge in [0.15, 0.2) is 0 Å². The van der Waals surface area contributed by atoms with Gasteiger partial charge in [-0.15, -0.1) is 0 Å². The number of aryl methyl sites for hydroxylation is 1. The fraction of sp³-hybridized carbons (Fsp3) is 0.381. The SMILES string of the molecule is CCCn1ncc(C(=O)NC2CCN(c3nccc(-c4cccnc4)n3)C2)c1C. The predicted molar refractivity (Wildman–Crippen MR) is 111 cm³/mol. The Morgan fingerprint density at radius 1 is 1.28 bits per heavy atom. The smallest absolute Gasteiger partial charge is 0.255 e. The van der Waals surface area contributed by atoms with E-state index < -0.39 is 0 Å². The van der Waals surface area contributed by atoms with Crippen LogP contribution in [0.3, 0.4) is 0 Å². The largest absolute Gasteiger partial charge is 0.347 e. The Morgan fingerprint density at radius 3 is 2.97 bits per heavy atom. The van der Waals surface area contributed by atoms with Gasteiger partial charge in [-0.2, -0.15) is 5.10 Å². The van der Waals surface area contributed by atoms with E-state index in [9.17, 15) is 4.79 Å². The van der Waals surface area contributed by atoms with Crippen LogP contribution in [-0.2, 0) is 6.54 Å². The Hall–Kier alpha value is -3.29. The second-order valence-electron chi connectivity index (χ2n) is 7.26. The summed E-state index contributed by atoms with van der Waals surface area (Å²) in [5, 5.41) is 7.46. The standard InChI is InChI=1S/C21H25N7O/c1-3-10-28-15(2)18(13-24-28)20(29)25-17-7-11-27(14-17)21-23-9-6-19(26-21)16-5-4-8-22-12-16/h4-6,8-9,12-13,17H,3,7,10-11,14H2,1-2H3,(H,25,29). The van der Waals surface area contributed by atoms with E-state index in [-0.39, 0.29) is 11.9 Å². The van der Waals surface area contributed by atoms with Gasteiger partial charge in [0.25, 0.3) is 5.91 Å². The summed E-state index contributed by atoms with van der Waals surface area (Å²) in [6.07, 6.45) is 8.80. The molecule has 0 bridgehead atoms. The highest BCUT2D eigenvalue weighted by Crippen LogP contribution is 2.21. The highest BCUT2D eigenvalue weighted by atomic mass is 16.1. The molecular weight excluding hydrogens is 366 g/mol. The molecule has 1 unspecified atom stereocenters. The van der Waals surface area contributed by atoms with Crippen molar-refractivity contribution in [3.63, 3.8) is 0 Å². The number of pyridine rings is 1. The van der Waals surface area contributed by atoms with Crippen LogP contribution in [0.25, 0.3) is 11.3 Å². The van der Waals surface area contributed by atoms with E-state index in [1.807, 2.05) is 29.8 Å². The van der Waals surface area contributed by atoms with Crippen molar-refractivity contribution in [2.45, 2.75) is 39.3 Å². The molecule has 1 aliphatic rings. The highest BCUT2D eigenvalue weighted by Gasteiger charge is 2.27. The highest BCUT2D eigenvalue weighted by molar-refractivity contribution is 5.95. The van der Waals surface area contributed by atoms with Crippen molar-refractivity contribution in [2.75, 3.05) is 18.0 Å². The van der Waals surface area contributed by atoms with Crippen molar-refractivity contribution in [1.82, 2.24) is 30.0 Å². The number of aromatic nitrogens is 5. The van der Waals surface area contributed by atoms with Crippen LogP contribution < -0.4 is 10.2 Å². The molecule has 4 heterocycles. The van der Waals surface area contributed by atoms with Gasteiger partial charge >= 0.3 is 0 Å². The number of anilines is 1. The van der Waals surface area contributed by atoms with E-state index in [1.54, 1.807) is 24.8 Å². The second kappa shape index (κ2) is 8.38. The normalized spacial score (nSPS) is 16.2. The fourth-order valence-corrected chi connectivity index (χ4v) is 3.61. The van der Waals surface area contributed by atoms with Crippen LogP contribution in [0, 0.1) is 6.92 Å².